The Morgan fingerprint density at radius 1 is 1.02 bits per heavy atom. The Morgan fingerprint density at radius 2 is 1.68 bits per heavy atom. The Balaban J connectivity index is 1.51. The largest absolute Gasteiger partial charge is 0.416 e. The van der Waals surface area contributed by atoms with Gasteiger partial charge in [-0.05, 0) is 36.6 Å². The van der Waals surface area contributed by atoms with E-state index < -0.39 is 29.5 Å². The molecule has 1 aromatic carbocycles. The normalized spacial score (nSPS) is 19.3. The number of hydrogen-bond acceptors (Lipinski definition) is 6. The van der Waals surface area contributed by atoms with Crippen LogP contribution in [0, 0.1) is 0 Å². The highest BCUT2D eigenvalue weighted by Crippen LogP contribution is 2.37. The van der Waals surface area contributed by atoms with Gasteiger partial charge in [-0.25, -0.2) is 14.8 Å². The first-order valence-corrected chi connectivity index (χ1v) is 13.9. The van der Waals surface area contributed by atoms with Crippen LogP contribution in [0.5, 0.6) is 0 Å². The maximum Gasteiger partial charge on any atom is 0.416 e. The standard InChI is InChI=1S/C28H30F6N8O2/c1-3-22-9-23(15-42(22)26(44)40-5-4-35-24(43)16-40)41(25-36-10-18(11-37-25)19-12-38-39(2)14-19)13-17-6-20(27(29,30)31)8-21(7-17)28(32,33)34/h6-8,10-12,14,22-23H,3-5,9,13,15-16H2,1-2H3,(H,35,43)/t22-,23+/m1/s1. The van der Waals surface area contributed by atoms with Crippen LogP contribution in [0.4, 0.5) is 37.1 Å². The monoisotopic (exact) mass is 624 g/mol. The van der Waals surface area contributed by atoms with E-state index in [4.69, 9.17) is 0 Å². The summed E-state index contributed by atoms with van der Waals surface area (Å²) in [6.45, 7) is 2.11. The molecule has 2 fully saturated rings. The number of aromatic nitrogens is 4. The summed E-state index contributed by atoms with van der Waals surface area (Å²) in [6.07, 6.45) is -2.77. The average Bonchev–Trinajstić information content (AvgIpc) is 3.61. The van der Waals surface area contributed by atoms with Gasteiger partial charge in [-0.1, -0.05) is 6.92 Å². The number of carbonyl (C=O) groups excluding carboxylic acids is 2. The molecule has 3 amide bonds. The number of likely N-dealkylation sites (tertiary alicyclic amines) is 1. The molecule has 236 valence electrons. The van der Waals surface area contributed by atoms with E-state index in [1.54, 1.807) is 33.9 Å². The number of anilines is 1. The molecule has 0 aliphatic carbocycles. The first kappa shape index (κ1) is 31.1. The molecular formula is C28H30F6N8O2. The molecule has 2 aliphatic rings. The third-order valence-electron chi connectivity index (χ3n) is 7.79. The van der Waals surface area contributed by atoms with Gasteiger partial charge in [0.15, 0.2) is 0 Å². The van der Waals surface area contributed by atoms with Crippen LogP contribution in [-0.2, 0) is 30.7 Å². The maximum absolute atomic E-state index is 13.7. The Hall–Kier alpha value is -4.37. The minimum atomic E-state index is -5.01. The van der Waals surface area contributed by atoms with Crippen LogP contribution in [-0.4, -0.2) is 79.7 Å². The molecule has 0 radical (unpaired) electrons. The third-order valence-corrected chi connectivity index (χ3v) is 7.79. The number of rotatable bonds is 6. The van der Waals surface area contributed by atoms with Gasteiger partial charge in [0, 0.05) is 69.0 Å². The zero-order chi connectivity index (χ0) is 31.8. The summed E-state index contributed by atoms with van der Waals surface area (Å²) in [4.78, 5) is 38.8. The second kappa shape index (κ2) is 12.0. The van der Waals surface area contributed by atoms with Crippen molar-refractivity contribution in [3.63, 3.8) is 0 Å². The number of halogens is 6. The molecule has 3 aromatic rings. The van der Waals surface area contributed by atoms with Crippen LogP contribution in [0.3, 0.4) is 0 Å². The van der Waals surface area contributed by atoms with E-state index in [-0.39, 0.29) is 55.2 Å². The van der Waals surface area contributed by atoms with Gasteiger partial charge in [-0.15, -0.1) is 0 Å². The van der Waals surface area contributed by atoms with Gasteiger partial charge < -0.3 is 20.0 Å². The molecule has 0 unspecified atom stereocenters. The van der Waals surface area contributed by atoms with E-state index in [2.05, 4.69) is 20.4 Å². The van der Waals surface area contributed by atoms with Crippen LogP contribution in [0.1, 0.15) is 36.5 Å². The predicted molar refractivity (Wildman–Crippen MR) is 146 cm³/mol. The van der Waals surface area contributed by atoms with Crippen LogP contribution >= 0.6 is 0 Å². The minimum Gasteiger partial charge on any atom is -0.353 e. The highest BCUT2D eigenvalue weighted by molar-refractivity contribution is 5.85. The minimum absolute atomic E-state index is 0.0788. The average molecular weight is 625 g/mol. The summed E-state index contributed by atoms with van der Waals surface area (Å²) < 4.78 is 83.5. The van der Waals surface area contributed by atoms with Gasteiger partial charge in [0.1, 0.15) is 6.54 Å². The van der Waals surface area contributed by atoms with Crippen LogP contribution in [0.2, 0.25) is 0 Å². The molecule has 5 rings (SSSR count). The smallest absolute Gasteiger partial charge is 0.353 e. The van der Waals surface area contributed by atoms with E-state index in [0.717, 1.165) is 0 Å². The first-order chi connectivity index (χ1) is 20.7. The molecule has 44 heavy (non-hydrogen) atoms. The third kappa shape index (κ3) is 6.73. The van der Waals surface area contributed by atoms with Crippen molar-refractivity contribution in [2.75, 3.05) is 31.1 Å². The summed E-state index contributed by atoms with van der Waals surface area (Å²) in [5.74, 6) is -0.211. The quantitative estimate of drug-likeness (QED) is 0.411. The van der Waals surface area contributed by atoms with Crippen LogP contribution in [0.25, 0.3) is 11.1 Å². The molecule has 16 heteroatoms. The Bertz CT molecular complexity index is 1470. The molecule has 4 heterocycles. The molecular weight excluding hydrogens is 594 g/mol. The number of piperazine rings is 1. The molecule has 0 spiro atoms. The zero-order valence-corrected chi connectivity index (χ0v) is 23.9. The summed E-state index contributed by atoms with van der Waals surface area (Å²) in [6, 6.07) is 0.268. The highest BCUT2D eigenvalue weighted by Gasteiger charge is 2.41. The lowest BCUT2D eigenvalue weighted by atomic mass is 10.0. The van der Waals surface area contributed by atoms with Crippen molar-refractivity contribution in [2.45, 2.75) is 50.7 Å². The number of carbonyl (C=O) groups is 2. The summed E-state index contributed by atoms with van der Waals surface area (Å²) in [7, 11) is 1.73. The Kier molecular flexibility index (Phi) is 8.44. The van der Waals surface area contributed by atoms with E-state index >= 15 is 0 Å². The molecule has 0 bridgehead atoms. The number of alkyl halides is 6. The fraction of sp³-hybridized carbons (Fsp3) is 0.464. The number of nitrogens with one attached hydrogen (secondary N) is 1. The molecule has 10 nitrogen and oxygen atoms in total. The molecule has 0 saturated carbocycles. The van der Waals surface area contributed by atoms with Crippen molar-refractivity contribution in [1.29, 1.82) is 0 Å². The molecule has 2 saturated heterocycles. The van der Waals surface area contributed by atoms with Gasteiger partial charge in [0.05, 0.1) is 23.4 Å². The van der Waals surface area contributed by atoms with Gasteiger partial charge in [-0.2, -0.15) is 31.4 Å². The van der Waals surface area contributed by atoms with Crippen LogP contribution in [0.15, 0.2) is 43.0 Å². The molecule has 2 aromatic heterocycles. The van der Waals surface area contributed by atoms with E-state index in [0.29, 0.717) is 49.2 Å². The number of nitrogens with zero attached hydrogens (tertiary/aromatic N) is 7. The van der Waals surface area contributed by atoms with Crippen molar-refractivity contribution in [3.05, 3.63) is 59.7 Å². The lowest BCUT2D eigenvalue weighted by molar-refractivity contribution is -0.143. The summed E-state index contributed by atoms with van der Waals surface area (Å²) >= 11 is 0. The second-order valence-corrected chi connectivity index (χ2v) is 10.9. The first-order valence-electron chi connectivity index (χ1n) is 13.9. The number of benzene rings is 1. The SMILES string of the molecule is CC[C@@H]1C[C@H](N(Cc2cc(C(F)(F)F)cc(C(F)(F)F)c2)c2ncc(-c3cnn(C)c3)cn2)CN1C(=O)N1CCNC(=O)C1. The number of amides is 3. The Labute approximate surface area is 248 Å². The summed E-state index contributed by atoms with van der Waals surface area (Å²) in [5, 5.41) is 6.78. The van der Waals surface area contributed by atoms with E-state index in [1.165, 1.54) is 17.3 Å². The predicted octanol–water partition coefficient (Wildman–Crippen LogP) is 4.33. The number of hydrogen-bond donors (Lipinski definition) is 1. The van der Waals surface area contributed by atoms with Gasteiger partial charge in [-0.3, -0.25) is 9.48 Å². The van der Waals surface area contributed by atoms with Crippen molar-refractivity contribution in [2.24, 2.45) is 7.05 Å². The van der Waals surface area contributed by atoms with Crippen LogP contribution < -0.4 is 10.2 Å². The van der Waals surface area contributed by atoms with Gasteiger partial charge >= 0.3 is 18.4 Å². The maximum atomic E-state index is 13.7. The topological polar surface area (TPSA) is 99.5 Å². The van der Waals surface area contributed by atoms with Crippen molar-refractivity contribution in [1.82, 2.24) is 34.9 Å². The van der Waals surface area contributed by atoms with Crippen molar-refractivity contribution >= 4 is 17.9 Å². The molecule has 1 N–H and O–H groups in total. The highest BCUT2D eigenvalue weighted by atomic mass is 19.4. The molecule has 2 aliphatic heterocycles. The number of urea groups is 1. The zero-order valence-electron chi connectivity index (χ0n) is 23.9. The summed E-state index contributed by atoms with van der Waals surface area (Å²) in [5.41, 5.74) is -1.76. The Morgan fingerprint density at radius 3 is 2.23 bits per heavy atom. The van der Waals surface area contributed by atoms with Crippen molar-refractivity contribution in [3.8, 4) is 11.1 Å². The lowest BCUT2D eigenvalue weighted by Gasteiger charge is -2.34. The van der Waals surface area contributed by atoms with Gasteiger partial charge in [0.2, 0.25) is 11.9 Å². The lowest BCUT2D eigenvalue weighted by Crippen LogP contribution is -2.55. The van der Waals surface area contributed by atoms with E-state index in [9.17, 15) is 35.9 Å². The molecule has 2 atom stereocenters. The van der Waals surface area contributed by atoms with Gasteiger partial charge in [0.25, 0.3) is 0 Å². The fourth-order valence-electron chi connectivity index (χ4n) is 5.58. The fourth-order valence-corrected chi connectivity index (χ4v) is 5.58. The van der Waals surface area contributed by atoms with Crippen molar-refractivity contribution < 1.29 is 35.9 Å². The van der Waals surface area contributed by atoms with E-state index in [1.807, 2.05) is 6.92 Å². The second-order valence-electron chi connectivity index (χ2n) is 10.9. The number of aryl methyl sites for hydroxylation is 1.